The third-order valence-electron chi connectivity index (χ3n) is 4.04. The lowest BCUT2D eigenvalue weighted by Gasteiger charge is -2.30. The molecule has 0 bridgehead atoms. The summed E-state index contributed by atoms with van der Waals surface area (Å²) in [5.74, 6) is 0.747. The molecule has 3 unspecified atom stereocenters. The second kappa shape index (κ2) is 5.98. The predicted octanol–water partition coefficient (Wildman–Crippen LogP) is 3.24. The molecule has 92 valence electrons. The second-order valence-electron chi connectivity index (χ2n) is 4.98. The van der Waals surface area contributed by atoms with E-state index in [1.54, 1.807) is 0 Å². The molecule has 1 aromatic carbocycles. The molecule has 4 atom stereocenters. The van der Waals surface area contributed by atoms with Crippen LogP contribution in [-0.2, 0) is 0 Å². The van der Waals surface area contributed by atoms with Crippen LogP contribution in [0.15, 0.2) is 30.3 Å². The van der Waals surface area contributed by atoms with E-state index < -0.39 is 7.92 Å². The molecule has 0 aromatic heterocycles. The Morgan fingerprint density at radius 3 is 2.65 bits per heavy atom. The molecule has 2 heteroatoms. The first kappa shape index (κ1) is 13.1. The molecule has 1 saturated carbocycles. The lowest BCUT2D eigenvalue weighted by molar-refractivity contribution is 0.410. The summed E-state index contributed by atoms with van der Waals surface area (Å²) < 4.78 is 0. The van der Waals surface area contributed by atoms with Crippen molar-refractivity contribution in [1.29, 1.82) is 0 Å². The minimum atomic E-state index is -0.494. The quantitative estimate of drug-likeness (QED) is 0.805. The van der Waals surface area contributed by atoms with Crippen molar-refractivity contribution in [1.82, 2.24) is 5.32 Å². The van der Waals surface area contributed by atoms with Crippen molar-refractivity contribution < 1.29 is 0 Å². The maximum Gasteiger partial charge on any atom is 0.00701 e. The number of nitrogens with one attached hydrogen (secondary N) is 1. The Labute approximate surface area is 107 Å². The summed E-state index contributed by atoms with van der Waals surface area (Å²) in [6.45, 7) is 8.81. The van der Waals surface area contributed by atoms with E-state index in [2.05, 4.69) is 49.6 Å². The first-order valence-electron chi connectivity index (χ1n) is 6.50. The molecule has 1 nitrogen and oxygen atoms in total. The van der Waals surface area contributed by atoms with Gasteiger partial charge in [0, 0.05) is 6.04 Å². The van der Waals surface area contributed by atoms with Crippen molar-refractivity contribution >= 4 is 13.2 Å². The zero-order valence-corrected chi connectivity index (χ0v) is 11.7. The van der Waals surface area contributed by atoms with Crippen molar-refractivity contribution in [3.8, 4) is 0 Å². The minimum absolute atomic E-state index is 0.494. The Kier molecular flexibility index (Phi) is 4.59. The van der Waals surface area contributed by atoms with Gasteiger partial charge in [-0.3, -0.25) is 0 Å². The van der Waals surface area contributed by atoms with E-state index in [1.165, 1.54) is 24.6 Å². The summed E-state index contributed by atoms with van der Waals surface area (Å²) in [7, 11) is 1.56. The van der Waals surface area contributed by atoms with E-state index in [9.17, 15) is 0 Å². The lowest BCUT2D eigenvalue weighted by Crippen LogP contribution is -2.35. The highest BCUT2D eigenvalue weighted by Crippen LogP contribution is 2.50. The molecule has 0 heterocycles. The Balaban J connectivity index is 2.11. The van der Waals surface area contributed by atoms with Crippen LogP contribution in [0.5, 0.6) is 0 Å². The molecule has 0 spiro atoms. The van der Waals surface area contributed by atoms with Gasteiger partial charge in [-0.15, -0.1) is 0 Å². The summed E-state index contributed by atoms with van der Waals surface area (Å²) in [4.78, 5) is 0. The van der Waals surface area contributed by atoms with Crippen LogP contribution in [-0.4, -0.2) is 18.7 Å². The Hall–Kier alpha value is -0.390. The summed E-state index contributed by atoms with van der Waals surface area (Å²) in [5, 5.41) is 4.75. The van der Waals surface area contributed by atoms with Gasteiger partial charge in [0.05, 0.1) is 0 Å². The third-order valence-corrected chi connectivity index (χ3v) is 6.29. The van der Waals surface area contributed by atoms with E-state index in [-0.39, 0.29) is 0 Å². The fraction of sp³-hybridized carbons (Fsp3) is 0.533. The maximum absolute atomic E-state index is 6.52. The molecule has 17 heavy (non-hydrogen) atoms. The second-order valence-corrected chi connectivity index (χ2v) is 6.98. The summed E-state index contributed by atoms with van der Waals surface area (Å²) in [6.07, 6.45) is 3.97. The highest BCUT2D eigenvalue weighted by Gasteiger charge is 2.34. The van der Waals surface area contributed by atoms with E-state index in [1.807, 2.05) is 0 Å². The fourth-order valence-corrected chi connectivity index (χ4v) is 5.08. The largest absolute Gasteiger partial charge is 0.317 e. The molecule has 1 N–H and O–H groups in total. The van der Waals surface area contributed by atoms with Gasteiger partial charge in [-0.2, -0.15) is 0 Å². The average molecular weight is 247 g/mol. The molecule has 1 aliphatic carbocycles. The predicted molar refractivity (Wildman–Crippen MR) is 76.9 cm³/mol. The SMILES string of the molecule is [CH]P(c1ccccc1)C1CCCC1[C@@H](C)NC. The topological polar surface area (TPSA) is 12.0 Å². The summed E-state index contributed by atoms with van der Waals surface area (Å²) >= 11 is 0. The van der Waals surface area contributed by atoms with Gasteiger partial charge in [-0.25, -0.2) is 0 Å². The number of rotatable bonds is 4. The van der Waals surface area contributed by atoms with Crippen molar-refractivity contribution in [3.63, 3.8) is 0 Å². The van der Waals surface area contributed by atoms with Crippen molar-refractivity contribution in [2.75, 3.05) is 7.05 Å². The lowest BCUT2D eigenvalue weighted by atomic mass is 10.00. The average Bonchev–Trinajstić information content (AvgIpc) is 2.87. The number of benzene rings is 1. The van der Waals surface area contributed by atoms with Crippen molar-refractivity contribution in [2.45, 2.75) is 37.9 Å². The van der Waals surface area contributed by atoms with Gasteiger partial charge >= 0.3 is 0 Å². The number of hydrogen-bond acceptors (Lipinski definition) is 1. The van der Waals surface area contributed by atoms with Crippen LogP contribution in [0.25, 0.3) is 0 Å². The van der Waals surface area contributed by atoms with Crippen LogP contribution in [0.3, 0.4) is 0 Å². The number of hydrogen-bond donors (Lipinski definition) is 1. The van der Waals surface area contributed by atoms with Gasteiger partial charge in [-0.1, -0.05) is 44.7 Å². The van der Waals surface area contributed by atoms with Crippen LogP contribution in [0.1, 0.15) is 26.2 Å². The van der Waals surface area contributed by atoms with Gasteiger partial charge in [-0.05, 0) is 50.4 Å². The van der Waals surface area contributed by atoms with Gasteiger partial charge in [0.1, 0.15) is 0 Å². The zero-order chi connectivity index (χ0) is 12.3. The van der Waals surface area contributed by atoms with Crippen molar-refractivity contribution in [3.05, 3.63) is 37.0 Å². The molecular formula is C15H22NP. The summed E-state index contributed by atoms with van der Waals surface area (Å²) in [5.41, 5.74) is 0.690. The first-order chi connectivity index (χ1) is 8.24. The highest BCUT2D eigenvalue weighted by molar-refractivity contribution is 7.67. The highest BCUT2D eigenvalue weighted by atomic mass is 31.1. The van der Waals surface area contributed by atoms with Gasteiger partial charge in [0.25, 0.3) is 0 Å². The molecule has 0 saturated heterocycles. The van der Waals surface area contributed by atoms with Crippen molar-refractivity contribution in [2.24, 2.45) is 5.92 Å². The van der Waals surface area contributed by atoms with Crippen LogP contribution < -0.4 is 10.6 Å². The van der Waals surface area contributed by atoms with E-state index in [0.29, 0.717) is 11.7 Å². The molecule has 1 aromatic rings. The minimum Gasteiger partial charge on any atom is -0.317 e. The molecular weight excluding hydrogens is 225 g/mol. The van der Waals surface area contributed by atoms with E-state index in [0.717, 1.165) is 5.92 Å². The monoisotopic (exact) mass is 247 g/mol. The Morgan fingerprint density at radius 2 is 2.00 bits per heavy atom. The molecule has 0 amide bonds. The molecule has 2 radical (unpaired) electrons. The molecule has 1 aliphatic rings. The summed E-state index contributed by atoms with van der Waals surface area (Å²) in [6, 6.07) is 11.2. The van der Waals surface area contributed by atoms with Gasteiger partial charge in [0.2, 0.25) is 0 Å². The smallest absolute Gasteiger partial charge is 0.00701 e. The van der Waals surface area contributed by atoms with Crippen LogP contribution in [0.4, 0.5) is 0 Å². The molecule has 0 aliphatic heterocycles. The standard InChI is InChI=1S/C15H22NP/c1-12(16-2)14-10-7-11-15(14)17(3)13-8-5-4-6-9-13/h3-6,8-9,12,14-16H,7,10-11H2,1-2H3/t12-,14?,15?,17?/m1/s1. The Morgan fingerprint density at radius 1 is 1.29 bits per heavy atom. The third kappa shape index (κ3) is 2.89. The molecule has 2 rings (SSSR count). The zero-order valence-electron chi connectivity index (χ0n) is 10.8. The van der Waals surface area contributed by atoms with Gasteiger partial charge in [0.15, 0.2) is 0 Å². The maximum atomic E-state index is 6.52. The van der Waals surface area contributed by atoms with Crippen LogP contribution >= 0.6 is 7.92 Å². The molecule has 1 fully saturated rings. The van der Waals surface area contributed by atoms with Crippen LogP contribution in [0, 0.1) is 12.6 Å². The van der Waals surface area contributed by atoms with E-state index in [4.69, 9.17) is 6.66 Å². The first-order valence-corrected chi connectivity index (χ1v) is 7.98. The van der Waals surface area contributed by atoms with E-state index >= 15 is 0 Å². The van der Waals surface area contributed by atoms with Crippen LogP contribution in [0.2, 0.25) is 0 Å². The normalized spacial score (nSPS) is 27.9. The fourth-order valence-electron chi connectivity index (χ4n) is 2.90. The Bertz CT molecular complexity index is 338. The van der Waals surface area contributed by atoms with Gasteiger partial charge < -0.3 is 5.32 Å².